The standard InChI is InChI=1S/C6H12F2N2/c1-5-9(2)3-4-10(5)6(7)8/h5-6H,3-4H2,1-2H3. The Bertz CT molecular complexity index is 118. The average molecular weight is 150 g/mol. The summed E-state index contributed by atoms with van der Waals surface area (Å²) in [4.78, 5) is 3.09. The lowest BCUT2D eigenvalue weighted by atomic mass is 10.5. The highest BCUT2D eigenvalue weighted by atomic mass is 19.3. The summed E-state index contributed by atoms with van der Waals surface area (Å²) < 4.78 is 24.1. The van der Waals surface area contributed by atoms with Crippen molar-refractivity contribution in [3.63, 3.8) is 0 Å². The van der Waals surface area contributed by atoms with Crippen molar-refractivity contribution in [3.05, 3.63) is 0 Å². The monoisotopic (exact) mass is 150 g/mol. The molecule has 60 valence electrons. The zero-order chi connectivity index (χ0) is 7.72. The molecule has 2 nitrogen and oxygen atoms in total. The summed E-state index contributed by atoms with van der Waals surface area (Å²) in [5, 5.41) is 0. The van der Waals surface area contributed by atoms with Crippen LogP contribution in [0, 0.1) is 0 Å². The summed E-state index contributed by atoms with van der Waals surface area (Å²) in [5.74, 6) is 0. The van der Waals surface area contributed by atoms with Gasteiger partial charge in [-0.3, -0.25) is 4.90 Å². The van der Waals surface area contributed by atoms with Crippen molar-refractivity contribution in [2.24, 2.45) is 0 Å². The molecule has 1 saturated heterocycles. The van der Waals surface area contributed by atoms with E-state index in [0.717, 1.165) is 6.54 Å². The smallest absolute Gasteiger partial charge is 0.290 e. The van der Waals surface area contributed by atoms with Crippen LogP contribution < -0.4 is 0 Å². The molecule has 4 heteroatoms. The summed E-state index contributed by atoms with van der Waals surface area (Å²) in [5.41, 5.74) is 0. The lowest BCUT2D eigenvalue weighted by molar-refractivity contribution is -0.0468. The van der Waals surface area contributed by atoms with Gasteiger partial charge in [0.05, 0.1) is 6.17 Å². The Balaban J connectivity index is 2.49. The Morgan fingerprint density at radius 3 is 2.20 bits per heavy atom. The van der Waals surface area contributed by atoms with Gasteiger partial charge in [0, 0.05) is 13.1 Å². The van der Waals surface area contributed by atoms with E-state index in [1.807, 2.05) is 11.9 Å². The summed E-state index contributed by atoms with van der Waals surface area (Å²) in [7, 11) is 1.85. The zero-order valence-corrected chi connectivity index (χ0v) is 6.22. The second-order valence-corrected chi connectivity index (χ2v) is 2.63. The lowest BCUT2D eigenvalue weighted by Crippen LogP contribution is -2.37. The summed E-state index contributed by atoms with van der Waals surface area (Å²) in [6.45, 7) is 0.708. The summed E-state index contributed by atoms with van der Waals surface area (Å²) in [6, 6.07) is 0. The highest BCUT2D eigenvalue weighted by Gasteiger charge is 2.30. The van der Waals surface area contributed by atoms with Gasteiger partial charge in [-0.1, -0.05) is 0 Å². The van der Waals surface area contributed by atoms with E-state index < -0.39 is 6.55 Å². The number of rotatable bonds is 1. The molecule has 1 aliphatic heterocycles. The van der Waals surface area contributed by atoms with Crippen LogP contribution in [-0.4, -0.2) is 42.7 Å². The van der Waals surface area contributed by atoms with E-state index in [1.165, 1.54) is 4.90 Å². The second-order valence-electron chi connectivity index (χ2n) is 2.63. The molecule has 1 aliphatic rings. The van der Waals surface area contributed by atoms with Crippen molar-refractivity contribution in [2.45, 2.75) is 19.6 Å². The number of alkyl halides is 2. The third kappa shape index (κ3) is 1.27. The predicted molar refractivity (Wildman–Crippen MR) is 34.8 cm³/mol. The highest BCUT2D eigenvalue weighted by Crippen LogP contribution is 2.16. The van der Waals surface area contributed by atoms with Crippen LogP contribution in [0.4, 0.5) is 8.78 Å². The number of halogens is 2. The first-order chi connectivity index (χ1) is 4.63. The first kappa shape index (κ1) is 7.88. The number of hydrogen-bond donors (Lipinski definition) is 0. The molecule has 0 aromatic rings. The molecular formula is C6H12F2N2. The maximum Gasteiger partial charge on any atom is 0.296 e. The lowest BCUT2D eigenvalue weighted by Gasteiger charge is -2.22. The van der Waals surface area contributed by atoms with Crippen molar-refractivity contribution in [1.29, 1.82) is 0 Å². The molecule has 0 aromatic heterocycles. The minimum atomic E-state index is -2.31. The molecule has 1 rings (SSSR count). The quantitative estimate of drug-likeness (QED) is 0.510. The molecule has 0 amide bonds. The Morgan fingerprint density at radius 2 is 2.00 bits per heavy atom. The maximum atomic E-state index is 12.1. The zero-order valence-electron chi connectivity index (χ0n) is 6.22. The van der Waals surface area contributed by atoms with Gasteiger partial charge in [-0.2, -0.15) is 8.78 Å². The van der Waals surface area contributed by atoms with Gasteiger partial charge in [0.15, 0.2) is 0 Å². The number of likely N-dealkylation sites (N-methyl/N-ethyl adjacent to an activating group) is 1. The van der Waals surface area contributed by atoms with Crippen molar-refractivity contribution in [3.8, 4) is 0 Å². The fourth-order valence-corrected chi connectivity index (χ4v) is 1.16. The number of nitrogens with zero attached hydrogens (tertiary/aromatic N) is 2. The Hall–Kier alpha value is -0.220. The summed E-state index contributed by atoms with van der Waals surface area (Å²) in [6.07, 6.45) is -0.111. The van der Waals surface area contributed by atoms with E-state index >= 15 is 0 Å². The van der Waals surface area contributed by atoms with E-state index in [9.17, 15) is 8.78 Å². The van der Waals surface area contributed by atoms with Crippen LogP contribution in [0.1, 0.15) is 6.92 Å². The fraction of sp³-hybridized carbons (Fsp3) is 1.00. The van der Waals surface area contributed by atoms with Crippen LogP contribution in [0.15, 0.2) is 0 Å². The molecule has 0 aromatic carbocycles. The third-order valence-corrected chi connectivity index (χ3v) is 2.08. The SMILES string of the molecule is CC1N(C)CCN1C(F)F. The Kier molecular flexibility index (Phi) is 2.21. The predicted octanol–water partition coefficient (Wildman–Crippen LogP) is 0.802. The van der Waals surface area contributed by atoms with E-state index in [4.69, 9.17) is 0 Å². The van der Waals surface area contributed by atoms with Gasteiger partial charge in [-0.15, -0.1) is 0 Å². The summed E-state index contributed by atoms with van der Waals surface area (Å²) >= 11 is 0. The van der Waals surface area contributed by atoms with E-state index in [1.54, 1.807) is 6.92 Å². The molecule has 0 aliphatic carbocycles. The largest absolute Gasteiger partial charge is 0.296 e. The van der Waals surface area contributed by atoms with E-state index in [0.29, 0.717) is 6.54 Å². The van der Waals surface area contributed by atoms with Crippen molar-refractivity contribution in [1.82, 2.24) is 9.80 Å². The van der Waals surface area contributed by atoms with Crippen LogP contribution in [0.2, 0.25) is 0 Å². The van der Waals surface area contributed by atoms with E-state index in [2.05, 4.69) is 0 Å². The molecule has 0 N–H and O–H groups in total. The molecule has 1 fully saturated rings. The first-order valence-electron chi connectivity index (χ1n) is 3.37. The van der Waals surface area contributed by atoms with Gasteiger partial charge >= 0.3 is 0 Å². The molecule has 1 atom stereocenters. The minimum Gasteiger partial charge on any atom is -0.290 e. The van der Waals surface area contributed by atoms with E-state index in [-0.39, 0.29) is 6.17 Å². The maximum absolute atomic E-state index is 12.1. The van der Waals surface area contributed by atoms with Crippen molar-refractivity contribution < 1.29 is 8.78 Å². The molecule has 0 saturated carbocycles. The molecule has 10 heavy (non-hydrogen) atoms. The van der Waals surface area contributed by atoms with Gasteiger partial charge in [-0.05, 0) is 14.0 Å². The highest BCUT2D eigenvalue weighted by molar-refractivity contribution is 4.74. The van der Waals surface area contributed by atoms with Crippen LogP contribution in [0.25, 0.3) is 0 Å². The van der Waals surface area contributed by atoms with Crippen LogP contribution in [0.5, 0.6) is 0 Å². The van der Waals surface area contributed by atoms with Crippen LogP contribution in [0.3, 0.4) is 0 Å². The Morgan fingerprint density at radius 1 is 1.40 bits per heavy atom. The van der Waals surface area contributed by atoms with Gasteiger partial charge in [-0.25, -0.2) is 4.90 Å². The topological polar surface area (TPSA) is 6.48 Å². The number of hydrogen-bond acceptors (Lipinski definition) is 2. The molecule has 0 radical (unpaired) electrons. The normalized spacial score (nSPS) is 30.3. The molecule has 0 bridgehead atoms. The van der Waals surface area contributed by atoms with Gasteiger partial charge in [0.2, 0.25) is 0 Å². The average Bonchev–Trinajstić information content (AvgIpc) is 2.14. The molecular weight excluding hydrogens is 138 g/mol. The van der Waals surface area contributed by atoms with Crippen molar-refractivity contribution >= 4 is 0 Å². The minimum absolute atomic E-state index is 0.111. The molecule has 0 spiro atoms. The van der Waals surface area contributed by atoms with Crippen molar-refractivity contribution in [2.75, 3.05) is 20.1 Å². The van der Waals surface area contributed by atoms with Crippen LogP contribution >= 0.6 is 0 Å². The fourth-order valence-electron chi connectivity index (χ4n) is 1.16. The first-order valence-corrected chi connectivity index (χ1v) is 3.37. The molecule has 1 heterocycles. The van der Waals surface area contributed by atoms with Gasteiger partial charge in [0.1, 0.15) is 0 Å². The third-order valence-electron chi connectivity index (χ3n) is 2.08. The molecule has 1 unspecified atom stereocenters. The Labute approximate surface area is 59.4 Å². The van der Waals surface area contributed by atoms with Crippen LogP contribution in [-0.2, 0) is 0 Å². The second kappa shape index (κ2) is 2.80. The van der Waals surface area contributed by atoms with Gasteiger partial charge in [0.25, 0.3) is 6.55 Å². The van der Waals surface area contributed by atoms with Gasteiger partial charge < -0.3 is 0 Å².